The molecule has 0 bridgehead atoms. The highest BCUT2D eigenvalue weighted by atomic mass is 19.3. The molecule has 1 aromatic rings. The first kappa shape index (κ1) is 12.9. The van der Waals surface area contributed by atoms with Crippen molar-refractivity contribution in [1.29, 1.82) is 0 Å². The molecule has 0 aliphatic heterocycles. The summed E-state index contributed by atoms with van der Waals surface area (Å²) < 4.78 is 28.4. The van der Waals surface area contributed by atoms with E-state index in [9.17, 15) is 8.78 Å². The van der Waals surface area contributed by atoms with E-state index in [1.165, 1.54) is 6.42 Å². The Balaban J connectivity index is 1.88. The van der Waals surface area contributed by atoms with Crippen molar-refractivity contribution in [3.63, 3.8) is 0 Å². The predicted octanol–water partition coefficient (Wildman–Crippen LogP) is 3.56. The predicted molar refractivity (Wildman–Crippen MR) is 70.4 cm³/mol. The highest BCUT2D eigenvalue weighted by Crippen LogP contribution is 2.47. The summed E-state index contributed by atoms with van der Waals surface area (Å²) >= 11 is 0. The van der Waals surface area contributed by atoms with Crippen LogP contribution in [0.5, 0.6) is 0 Å². The lowest BCUT2D eigenvalue weighted by Gasteiger charge is -2.32. The standard InChI is InChI=1S/C14H21F2N3/c1-19-12(10-5-7-14(15,16)8-6-10)11(13(17)18-19)9-3-2-4-9/h9-10H,2-8H2,1H3,(H2,17,18). The first-order chi connectivity index (χ1) is 8.98. The molecule has 106 valence electrons. The number of alkyl halides is 2. The Morgan fingerprint density at radius 2 is 1.79 bits per heavy atom. The van der Waals surface area contributed by atoms with Crippen molar-refractivity contribution < 1.29 is 8.78 Å². The molecule has 0 unspecified atom stereocenters. The van der Waals surface area contributed by atoms with Gasteiger partial charge in [0.2, 0.25) is 5.92 Å². The van der Waals surface area contributed by atoms with Crippen LogP contribution in [-0.2, 0) is 7.05 Å². The number of anilines is 1. The second-order valence-electron chi connectivity index (χ2n) is 6.07. The van der Waals surface area contributed by atoms with Crippen molar-refractivity contribution >= 4 is 5.82 Å². The Labute approximate surface area is 112 Å². The maximum atomic E-state index is 13.3. The van der Waals surface area contributed by atoms with Crippen molar-refractivity contribution in [2.24, 2.45) is 7.05 Å². The Morgan fingerprint density at radius 3 is 2.32 bits per heavy atom. The molecule has 2 fully saturated rings. The van der Waals surface area contributed by atoms with Crippen LogP contribution in [0.4, 0.5) is 14.6 Å². The number of nitrogens with two attached hydrogens (primary N) is 1. The van der Waals surface area contributed by atoms with Crippen LogP contribution in [0, 0.1) is 0 Å². The monoisotopic (exact) mass is 269 g/mol. The molecule has 2 N–H and O–H groups in total. The van der Waals surface area contributed by atoms with Gasteiger partial charge in [0, 0.05) is 37.1 Å². The van der Waals surface area contributed by atoms with E-state index in [0.717, 1.165) is 24.1 Å². The van der Waals surface area contributed by atoms with E-state index < -0.39 is 5.92 Å². The summed E-state index contributed by atoms with van der Waals surface area (Å²) in [6.07, 6.45) is 4.63. The summed E-state index contributed by atoms with van der Waals surface area (Å²) in [5, 5.41) is 4.33. The van der Waals surface area contributed by atoms with E-state index in [4.69, 9.17) is 5.73 Å². The van der Waals surface area contributed by atoms with Crippen LogP contribution < -0.4 is 5.73 Å². The van der Waals surface area contributed by atoms with Crippen molar-refractivity contribution in [2.75, 3.05) is 5.73 Å². The van der Waals surface area contributed by atoms with Gasteiger partial charge in [0.1, 0.15) is 5.82 Å². The maximum absolute atomic E-state index is 13.3. The van der Waals surface area contributed by atoms with E-state index in [2.05, 4.69) is 5.10 Å². The second kappa shape index (κ2) is 4.46. The van der Waals surface area contributed by atoms with E-state index in [1.807, 2.05) is 11.7 Å². The lowest BCUT2D eigenvalue weighted by Crippen LogP contribution is -2.25. The molecule has 2 saturated carbocycles. The number of rotatable bonds is 2. The van der Waals surface area contributed by atoms with Crippen LogP contribution in [-0.4, -0.2) is 15.7 Å². The molecule has 2 aliphatic rings. The Morgan fingerprint density at radius 1 is 1.16 bits per heavy atom. The molecule has 0 radical (unpaired) electrons. The summed E-state index contributed by atoms with van der Waals surface area (Å²) in [5.74, 6) is -1.16. The molecule has 3 nitrogen and oxygen atoms in total. The van der Waals surface area contributed by atoms with Crippen molar-refractivity contribution in [1.82, 2.24) is 9.78 Å². The van der Waals surface area contributed by atoms with Crippen LogP contribution in [0.15, 0.2) is 0 Å². The minimum Gasteiger partial charge on any atom is -0.382 e. The fourth-order valence-electron chi connectivity index (χ4n) is 3.49. The topological polar surface area (TPSA) is 43.8 Å². The van der Waals surface area contributed by atoms with Crippen LogP contribution in [0.3, 0.4) is 0 Å². The van der Waals surface area contributed by atoms with Gasteiger partial charge in [-0.25, -0.2) is 8.78 Å². The third-order valence-corrected chi connectivity index (χ3v) is 4.78. The first-order valence-corrected chi connectivity index (χ1v) is 7.18. The smallest absolute Gasteiger partial charge is 0.248 e. The molecule has 1 heterocycles. The molecule has 0 spiro atoms. The average molecular weight is 269 g/mol. The van der Waals surface area contributed by atoms with Crippen molar-refractivity contribution in [2.45, 2.75) is 62.7 Å². The van der Waals surface area contributed by atoms with Gasteiger partial charge in [0.25, 0.3) is 0 Å². The van der Waals surface area contributed by atoms with Gasteiger partial charge in [-0.3, -0.25) is 4.68 Å². The van der Waals surface area contributed by atoms with Crippen molar-refractivity contribution in [3.05, 3.63) is 11.3 Å². The van der Waals surface area contributed by atoms with E-state index >= 15 is 0 Å². The Hall–Kier alpha value is -1.13. The van der Waals surface area contributed by atoms with Crippen LogP contribution >= 0.6 is 0 Å². The molecule has 0 aromatic carbocycles. The summed E-state index contributed by atoms with van der Waals surface area (Å²) in [6, 6.07) is 0. The van der Waals surface area contributed by atoms with Crippen LogP contribution in [0.1, 0.15) is 68.0 Å². The third kappa shape index (κ3) is 2.23. The second-order valence-corrected chi connectivity index (χ2v) is 6.07. The highest BCUT2D eigenvalue weighted by Gasteiger charge is 2.38. The van der Waals surface area contributed by atoms with Gasteiger partial charge in [-0.1, -0.05) is 6.42 Å². The fourth-order valence-corrected chi connectivity index (χ4v) is 3.49. The number of hydrogen-bond donors (Lipinski definition) is 1. The number of nitrogen functional groups attached to an aromatic ring is 1. The van der Waals surface area contributed by atoms with E-state index in [1.54, 1.807) is 0 Å². The van der Waals surface area contributed by atoms with Gasteiger partial charge in [-0.05, 0) is 31.6 Å². The number of hydrogen-bond acceptors (Lipinski definition) is 2. The molecule has 3 rings (SSSR count). The molecular weight excluding hydrogens is 248 g/mol. The minimum absolute atomic E-state index is 0.00709. The summed E-state index contributed by atoms with van der Waals surface area (Å²) in [6.45, 7) is 0. The number of nitrogens with zero attached hydrogens (tertiary/aromatic N) is 2. The van der Waals surface area contributed by atoms with Gasteiger partial charge < -0.3 is 5.73 Å². The fraction of sp³-hybridized carbons (Fsp3) is 0.786. The molecular formula is C14H21F2N3. The van der Waals surface area contributed by atoms with Gasteiger partial charge in [0.15, 0.2) is 0 Å². The quantitative estimate of drug-likeness (QED) is 0.892. The van der Waals surface area contributed by atoms with Crippen LogP contribution in [0.25, 0.3) is 0 Å². The number of aryl methyl sites for hydroxylation is 1. The molecule has 0 amide bonds. The molecule has 0 saturated heterocycles. The Bertz CT molecular complexity index is 467. The average Bonchev–Trinajstić information content (AvgIpc) is 2.53. The van der Waals surface area contributed by atoms with Gasteiger partial charge in [0.05, 0.1) is 0 Å². The number of aromatic nitrogens is 2. The largest absolute Gasteiger partial charge is 0.382 e. The zero-order chi connectivity index (χ0) is 13.6. The van der Waals surface area contributed by atoms with E-state index in [-0.39, 0.29) is 18.8 Å². The zero-order valence-corrected chi connectivity index (χ0v) is 11.3. The molecule has 2 aliphatic carbocycles. The summed E-state index contributed by atoms with van der Waals surface area (Å²) in [7, 11) is 1.89. The maximum Gasteiger partial charge on any atom is 0.248 e. The van der Waals surface area contributed by atoms with E-state index in [0.29, 0.717) is 24.6 Å². The minimum atomic E-state index is -2.47. The molecule has 0 atom stereocenters. The highest BCUT2D eigenvalue weighted by molar-refractivity contribution is 5.47. The summed E-state index contributed by atoms with van der Waals surface area (Å²) in [4.78, 5) is 0. The molecule has 5 heteroatoms. The number of halogens is 2. The van der Waals surface area contributed by atoms with Gasteiger partial charge >= 0.3 is 0 Å². The SMILES string of the molecule is Cn1nc(N)c(C2CCC2)c1C1CCC(F)(F)CC1. The van der Waals surface area contributed by atoms with Gasteiger partial charge in [-0.15, -0.1) is 0 Å². The lowest BCUT2D eigenvalue weighted by atomic mass is 9.75. The molecule has 1 aromatic heterocycles. The lowest BCUT2D eigenvalue weighted by molar-refractivity contribution is -0.0388. The summed E-state index contributed by atoms with van der Waals surface area (Å²) in [5.41, 5.74) is 8.31. The van der Waals surface area contributed by atoms with Gasteiger partial charge in [-0.2, -0.15) is 5.10 Å². The zero-order valence-electron chi connectivity index (χ0n) is 11.3. The normalized spacial score (nSPS) is 24.4. The van der Waals surface area contributed by atoms with Crippen molar-refractivity contribution in [3.8, 4) is 0 Å². The third-order valence-electron chi connectivity index (χ3n) is 4.78. The molecule has 19 heavy (non-hydrogen) atoms. The van der Waals surface area contributed by atoms with Crippen LogP contribution in [0.2, 0.25) is 0 Å². The first-order valence-electron chi connectivity index (χ1n) is 7.18. The Kier molecular flexibility index (Phi) is 3.02.